The summed E-state index contributed by atoms with van der Waals surface area (Å²) in [6.45, 7) is 10.6. The number of rotatable bonds is 8. The Morgan fingerprint density at radius 3 is 2.34 bits per heavy atom. The Balaban J connectivity index is 1.50. The lowest BCUT2D eigenvalue weighted by Crippen LogP contribution is -2.41. The molecule has 3 aromatic carbocycles. The number of aromatic nitrogens is 2. The lowest BCUT2D eigenvalue weighted by atomic mass is 9.78. The first-order valence-electron chi connectivity index (χ1n) is 13.0. The molecule has 0 aliphatic carbocycles. The van der Waals surface area contributed by atoms with Crippen molar-refractivity contribution in [3.8, 4) is 11.4 Å². The van der Waals surface area contributed by atoms with Crippen LogP contribution in [0.5, 0.6) is 5.75 Å². The fourth-order valence-electron chi connectivity index (χ4n) is 4.50. The third-order valence-electron chi connectivity index (χ3n) is 7.28. The number of hydrogen-bond acceptors (Lipinski definition) is 6. The van der Waals surface area contributed by atoms with Crippen LogP contribution >= 0.6 is 0 Å². The zero-order chi connectivity index (χ0) is 26.9. The normalized spacial score (nSPS) is 16.1. The van der Waals surface area contributed by atoms with Gasteiger partial charge < -0.3 is 18.8 Å². The third-order valence-corrected chi connectivity index (χ3v) is 7.28. The summed E-state index contributed by atoms with van der Waals surface area (Å²) in [6.07, 6.45) is 0.148. The zero-order valence-electron chi connectivity index (χ0n) is 22.6. The molecule has 0 radical (unpaired) electrons. The van der Waals surface area contributed by atoms with Crippen LogP contribution in [0.3, 0.4) is 0 Å². The van der Waals surface area contributed by atoms with Gasteiger partial charge in [-0.05, 0) is 64.3 Å². The Hall–Kier alpha value is -3.62. The number of esters is 1. The minimum Gasteiger partial charge on any atom is -0.487 e. The molecule has 1 aromatic heterocycles. The van der Waals surface area contributed by atoms with Gasteiger partial charge in [-0.25, -0.2) is 4.68 Å². The number of hydrogen-bond donors (Lipinski definition) is 0. The van der Waals surface area contributed by atoms with Gasteiger partial charge in [-0.15, -0.1) is 0 Å². The number of carbonyl (C=O) groups excluding carboxylic acids is 1. The number of benzene rings is 3. The summed E-state index contributed by atoms with van der Waals surface area (Å²) in [4.78, 5) is 12.1. The molecular weight excluding hydrogens is 479 g/mol. The van der Waals surface area contributed by atoms with Crippen molar-refractivity contribution in [2.45, 2.75) is 58.8 Å². The Labute approximate surface area is 223 Å². The molecule has 8 heteroatoms. The molecule has 196 valence electrons. The predicted molar refractivity (Wildman–Crippen MR) is 148 cm³/mol. The van der Waals surface area contributed by atoms with Crippen molar-refractivity contribution in [3.05, 3.63) is 84.1 Å². The second-order valence-electron chi connectivity index (χ2n) is 10.4. The quantitative estimate of drug-likeness (QED) is 0.244. The van der Waals surface area contributed by atoms with E-state index < -0.39 is 18.3 Å². The molecule has 1 saturated heterocycles. The summed E-state index contributed by atoms with van der Waals surface area (Å²) < 4.78 is 25.9. The molecule has 0 atom stereocenters. The van der Waals surface area contributed by atoms with Gasteiger partial charge in [-0.3, -0.25) is 4.79 Å². The van der Waals surface area contributed by atoms with E-state index in [0.717, 1.165) is 33.3 Å². The van der Waals surface area contributed by atoms with Gasteiger partial charge in [0.05, 0.1) is 35.4 Å². The molecule has 4 aromatic rings. The van der Waals surface area contributed by atoms with Gasteiger partial charge in [-0.1, -0.05) is 48.5 Å². The van der Waals surface area contributed by atoms with Crippen LogP contribution < -0.4 is 10.2 Å². The molecule has 0 amide bonds. The second kappa shape index (κ2) is 10.3. The van der Waals surface area contributed by atoms with Gasteiger partial charge in [0.1, 0.15) is 18.1 Å². The van der Waals surface area contributed by atoms with Crippen LogP contribution in [-0.2, 0) is 31.9 Å². The van der Waals surface area contributed by atoms with Crippen molar-refractivity contribution < 1.29 is 23.6 Å². The van der Waals surface area contributed by atoms with Crippen LogP contribution in [-0.4, -0.2) is 40.7 Å². The summed E-state index contributed by atoms with van der Waals surface area (Å²) in [5.41, 5.74) is 3.51. The molecule has 0 saturated carbocycles. The maximum absolute atomic E-state index is 12.1. The summed E-state index contributed by atoms with van der Waals surface area (Å²) in [5.74, 6) is 0.347. The van der Waals surface area contributed by atoms with Crippen LogP contribution in [0, 0.1) is 0 Å². The second-order valence-corrected chi connectivity index (χ2v) is 10.4. The van der Waals surface area contributed by atoms with E-state index in [9.17, 15) is 4.79 Å². The van der Waals surface area contributed by atoms with Crippen LogP contribution in [0.1, 0.15) is 45.9 Å². The van der Waals surface area contributed by atoms with Gasteiger partial charge in [-0.2, -0.15) is 5.10 Å². The van der Waals surface area contributed by atoms with E-state index in [1.807, 2.05) is 99.1 Å². The summed E-state index contributed by atoms with van der Waals surface area (Å²) in [6, 6.07) is 23.7. The summed E-state index contributed by atoms with van der Waals surface area (Å²) >= 11 is 0. The van der Waals surface area contributed by atoms with E-state index in [4.69, 9.17) is 23.9 Å². The first-order chi connectivity index (χ1) is 18.2. The van der Waals surface area contributed by atoms with Gasteiger partial charge in [0.25, 0.3) is 0 Å². The first kappa shape index (κ1) is 26.0. The van der Waals surface area contributed by atoms with E-state index >= 15 is 0 Å². The maximum atomic E-state index is 12.1. The smallest absolute Gasteiger partial charge is 0.487 e. The van der Waals surface area contributed by atoms with Crippen molar-refractivity contribution >= 4 is 29.5 Å². The molecule has 2 heterocycles. The molecule has 0 spiro atoms. The molecule has 1 aliphatic heterocycles. The van der Waals surface area contributed by atoms with E-state index in [2.05, 4.69) is 6.07 Å². The average molecular weight is 512 g/mol. The van der Waals surface area contributed by atoms with Gasteiger partial charge in [0.15, 0.2) is 0 Å². The first-order valence-corrected chi connectivity index (χ1v) is 13.0. The highest BCUT2D eigenvalue weighted by Gasteiger charge is 2.51. The average Bonchev–Trinajstić information content (AvgIpc) is 3.36. The Morgan fingerprint density at radius 1 is 0.947 bits per heavy atom. The highest BCUT2D eigenvalue weighted by Crippen LogP contribution is 2.37. The van der Waals surface area contributed by atoms with Gasteiger partial charge in [0, 0.05) is 10.9 Å². The van der Waals surface area contributed by atoms with Crippen LogP contribution in [0.4, 0.5) is 0 Å². The molecular formula is C30H33BN2O5. The fraction of sp³-hybridized carbons (Fsp3) is 0.333. The molecule has 1 aliphatic rings. The highest BCUT2D eigenvalue weighted by atomic mass is 16.7. The van der Waals surface area contributed by atoms with Crippen LogP contribution in [0.2, 0.25) is 0 Å². The lowest BCUT2D eigenvalue weighted by molar-refractivity contribution is -0.142. The standard InChI is InChI=1S/C30H33BN2O5/c1-6-35-28(34)18-21-12-10-11-15-27(21)36-20-25-24-19-22(31-37-29(2,3)30(4,5)38-31)16-17-26(24)33(32-25)23-13-8-7-9-14-23/h7-17,19H,6,18,20H2,1-5H3. The number of nitrogens with zero attached hydrogens (tertiary/aromatic N) is 2. The maximum Gasteiger partial charge on any atom is 0.494 e. The van der Waals surface area contributed by atoms with Crippen molar-refractivity contribution in [1.82, 2.24) is 9.78 Å². The number of ether oxygens (including phenoxy) is 2. The van der Waals surface area contributed by atoms with Crippen molar-refractivity contribution in [1.29, 1.82) is 0 Å². The van der Waals surface area contributed by atoms with Crippen molar-refractivity contribution in [3.63, 3.8) is 0 Å². The molecule has 0 bridgehead atoms. The molecule has 7 nitrogen and oxygen atoms in total. The molecule has 0 N–H and O–H groups in total. The van der Waals surface area contributed by atoms with E-state index in [0.29, 0.717) is 12.4 Å². The number of carbonyl (C=O) groups is 1. The highest BCUT2D eigenvalue weighted by molar-refractivity contribution is 6.62. The van der Waals surface area contributed by atoms with Gasteiger partial charge in [0.2, 0.25) is 0 Å². The fourth-order valence-corrected chi connectivity index (χ4v) is 4.50. The van der Waals surface area contributed by atoms with Crippen molar-refractivity contribution in [2.24, 2.45) is 0 Å². The Kier molecular flexibility index (Phi) is 7.03. The topological polar surface area (TPSA) is 71.8 Å². The SMILES string of the molecule is CCOC(=O)Cc1ccccc1OCc1nn(-c2ccccc2)c2ccc(B3OC(C)(C)C(C)(C)O3)cc12. The Bertz CT molecular complexity index is 1430. The van der Waals surface area contributed by atoms with Gasteiger partial charge >= 0.3 is 13.1 Å². The Morgan fingerprint density at radius 2 is 1.63 bits per heavy atom. The van der Waals surface area contributed by atoms with Crippen molar-refractivity contribution in [2.75, 3.05) is 6.61 Å². The summed E-state index contributed by atoms with van der Waals surface area (Å²) in [5, 5.41) is 5.89. The monoisotopic (exact) mass is 512 g/mol. The van der Waals surface area contributed by atoms with E-state index in [1.165, 1.54) is 0 Å². The zero-order valence-corrected chi connectivity index (χ0v) is 22.6. The van der Waals surface area contributed by atoms with E-state index in [1.54, 1.807) is 6.92 Å². The minimum atomic E-state index is -0.483. The lowest BCUT2D eigenvalue weighted by Gasteiger charge is -2.32. The third kappa shape index (κ3) is 5.06. The van der Waals surface area contributed by atoms with Crippen LogP contribution in [0.25, 0.3) is 16.6 Å². The number of para-hydroxylation sites is 2. The molecule has 1 fully saturated rings. The number of fused-ring (bicyclic) bond motifs is 1. The van der Waals surface area contributed by atoms with Crippen LogP contribution in [0.15, 0.2) is 72.8 Å². The molecule has 38 heavy (non-hydrogen) atoms. The summed E-state index contributed by atoms with van der Waals surface area (Å²) in [7, 11) is -0.483. The molecule has 5 rings (SSSR count). The molecule has 0 unspecified atom stereocenters. The largest absolute Gasteiger partial charge is 0.494 e. The van der Waals surface area contributed by atoms with E-state index in [-0.39, 0.29) is 19.0 Å². The predicted octanol–water partition coefficient (Wildman–Crippen LogP) is 5.01. The minimum absolute atomic E-state index is 0.148.